The summed E-state index contributed by atoms with van der Waals surface area (Å²) in [7, 11) is 0. The first-order valence-electron chi connectivity index (χ1n) is 11.5. The van der Waals surface area contributed by atoms with E-state index in [1.807, 2.05) is 24.3 Å². The van der Waals surface area contributed by atoms with Crippen molar-refractivity contribution in [2.75, 3.05) is 70.4 Å². The number of hydrogen-bond donors (Lipinski definition) is 2. The average Bonchev–Trinajstić information content (AvgIpc) is 2.81. The standard InChI is InChI=1S/C24H31F3N4OS.ClH/c25-24(26,27)19-6-7-23-21(18-19)31(20-4-1-2-5-22(20)33-23)11-3-10-29-13-15-30(16-14-29)12-8-28-9-17-32;/h1-2,4-7,18,28,32H,3,8-17H2;1H. The van der Waals surface area contributed by atoms with Crippen LogP contribution in [0, 0.1) is 0 Å². The highest BCUT2D eigenvalue weighted by atomic mass is 35.5. The third-order valence-electron chi connectivity index (χ3n) is 6.17. The van der Waals surface area contributed by atoms with Crippen LogP contribution >= 0.6 is 24.2 Å². The van der Waals surface area contributed by atoms with Crippen LogP contribution in [0.1, 0.15) is 12.0 Å². The molecule has 2 aromatic carbocycles. The molecule has 10 heteroatoms. The number of nitrogens with zero attached hydrogens (tertiary/aromatic N) is 3. The maximum absolute atomic E-state index is 13.4. The van der Waals surface area contributed by atoms with Gasteiger partial charge in [-0.1, -0.05) is 23.9 Å². The zero-order chi connectivity index (χ0) is 23.3. The minimum atomic E-state index is -4.35. The highest BCUT2D eigenvalue weighted by molar-refractivity contribution is 7.99. The molecular formula is C24H32ClF3N4OS. The number of para-hydroxylation sites is 1. The number of alkyl halides is 3. The molecule has 0 radical (unpaired) electrons. The smallest absolute Gasteiger partial charge is 0.395 e. The topological polar surface area (TPSA) is 42.0 Å². The Labute approximate surface area is 209 Å². The molecule has 0 bridgehead atoms. The van der Waals surface area contributed by atoms with E-state index in [0.717, 1.165) is 67.7 Å². The summed E-state index contributed by atoms with van der Waals surface area (Å²) in [6.07, 6.45) is -3.47. The van der Waals surface area contributed by atoms with Gasteiger partial charge >= 0.3 is 6.18 Å². The second-order valence-electron chi connectivity index (χ2n) is 8.41. The predicted octanol–water partition coefficient (Wildman–Crippen LogP) is 4.32. The van der Waals surface area contributed by atoms with E-state index >= 15 is 0 Å². The fraction of sp³-hybridized carbons (Fsp3) is 0.500. The van der Waals surface area contributed by atoms with Gasteiger partial charge in [0.05, 0.1) is 23.5 Å². The van der Waals surface area contributed by atoms with Crippen LogP contribution in [0.4, 0.5) is 24.5 Å². The maximum Gasteiger partial charge on any atom is 0.416 e. The van der Waals surface area contributed by atoms with Crippen molar-refractivity contribution in [3.8, 4) is 0 Å². The molecule has 188 valence electrons. The van der Waals surface area contributed by atoms with Gasteiger partial charge in [0.1, 0.15) is 0 Å². The predicted molar refractivity (Wildman–Crippen MR) is 134 cm³/mol. The first-order chi connectivity index (χ1) is 16.0. The number of aliphatic hydroxyl groups excluding tert-OH is 1. The Bertz CT molecular complexity index is 925. The number of aliphatic hydroxyl groups is 1. The summed E-state index contributed by atoms with van der Waals surface area (Å²) in [6.45, 7) is 8.29. The van der Waals surface area contributed by atoms with Gasteiger partial charge in [-0.15, -0.1) is 12.4 Å². The van der Waals surface area contributed by atoms with E-state index in [1.165, 1.54) is 23.9 Å². The van der Waals surface area contributed by atoms with Crippen molar-refractivity contribution in [2.24, 2.45) is 0 Å². The molecule has 0 unspecified atom stereocenters. The fourth-order valence-corrected chi connectivity index (χ4v) is 5.45. The van der Waals surface area contributed by atoms with Crippen molar-refractivity contribution >= 4 is 35.5 Å². The van der Waals surface area contributed by atoms with Crippen LogP contribution < -0.4 is 10.2 Å². The zero-order valence-corrected chi connectivity index (χ0v) is 20.7. The van der Waals surface area contributed by atoms with Gasteiger partial charge in [-0.2, -0.15) is 13.2 Å². The van der Waals surface area contributed by atoms with Gasteiger partial charge in [0.15, 0.2) is 0 Å². The summed E-state index contributed by atoms with van der Waals surface area (Å²) in [6, 6.07) is 12.0. The molecule has 2 aliphatic heterocycles. The van der Waals surface area contributed by atoms with E-state index in [2.05, 4.69) is 20.0 Å². The Morgan fingerprint density at radius 1 is 0.853 bits per heavy atom. The molecule has 5 nitrogen and oxygen atoms in total. The third-order valence-corrected chi connectivity index (χ3v) is 7.30. The lowest BCUT2D eigenvalue weighted by atomic mass is 10.1. The fourth-order valence-electron chi connectivity index (χ4n) is 4.38. The molecule has 0 aromatic heterocycles. The quantitative estimate of drug-likeness (QED) is 0.484. The number of piperazine rings is 1. The van der Waals surface area contributed by atoms with Crippen LogP contribution in [0.15, 0.2) is 52.3 Å². The second-order valence-corrected chi connectivity index (χ2v) is 9.50. The minimum absolute atomic E-state index is 0. The van der Waals surface area contributed by atoms with Crippen LogP contribution in [0.2, 0.25) is 0 Å². The molecule has 34 heavy (non-hydrogen) atoms. The highest BCUT2D eigenvalue weighted by Crippen LogP contribution is 2.49. The van der Waals surface area contributed by atoms with Gasteiger partial charge < -0.3 is 20.2 Å². The molecule has 2 N–H and O–H groups in total. The summed E-state index contributed by atoms with van der Waals surface area (Å²) in [4.78, 5) is 8.86. The highest BCUT2D eigenvalue weighted by Gasteiger charge is 2.33. The zero-order valence-electron chi connectivity index (χ0n) is 19.1. The molecule has 2 heterocycles. The van der Waals surface area contributed by atoms with E-state index in [9.17, 15) is 13.2 Å². The van der Waals surface area contributed by atoms with Gasteiger partial charge in [0.25, 0.3) is 0 Å². The van der Waals surface area contributed by atoms with Crippen LogP contribution in [-0.2, 0) is 6.18 Å². The maximum atomic E-state index is 13.4. The van der Waals surface area contributed by atoms with E-state index < -0.39 is 11.7 Å². The molecular weight excluding hydrogens is 485 g/mol. The lowest BCUT2D eigenvalue weighted by Gasteiger charge is -2.36. The molecule has 0 aliphatic carbocycles. The van der Waals surface area contributed by atoms with E-state index in [-0.39, 0.29) is 19.0 Å². The van der Waals surface area contributed by atoms with Gasteiger partial charge in [-0.3, -0.25) is 4.90 Å². The van der Waals surface area contributed by atoms with Crippen molar-refractivity contribution in [2.45, 2.75) is 22.4 Å². The first-order valence-corrected chi connectivity index (χ1v) is 12.3. The van der Waals surface area contributed by atoms with Gasteiger partial charge in [0, 0.05) is 62.1 Å². The number of hydrogen-bond acceptors (Lipinski definition) is 6. The van der Waals surface area contributed by atoms with Crippen molar-refractivity contribution in [1.29, 1.82) is 0 Å². The number of anilines is 2. The van der Waals surface area contributed by atoms with Crippen LogP contribution in [0.3, 0.4) is 0 Å². The molecule has 0 amide bonds. The largest absolute Gasteiger partial charge is 0.416 e. The van der Waals surface area contributed by atoms with Crippen LogP contribution in [-0.4, -0.2) is 80.4 Å². The summed E-state index contributed by atoms with van der Waals surface area (Å²) in [5.41, 5.74) is 1.03. The molecule has 1 fully saturated rings. The lowest BCUT2D eigenvalue weighted by Crippen LogP contribution is -2.48. The Hall–Kier alpha value is -1.49. The third kappa shape index (κ3) is 6.80. The normalized spacial score (nSPS) is 16.6. The SMILES string of the molecule is Cl.OCCNCCN1CCN(CCCN2c3ccccc3Sc3ccc(C(F)(F)F)cc32)CC1. The van der Waals surface area contributed by atoms with E-state index in [4.69, 9.17) is 5.11 Å². The Morgan fingerprint density at radius 2 is 1.53 bits per heavy atom. The molecule has 2 aliphatic rings. The Kier molecular flexibility index (Phi) is 9.94. The van der Waals surface area contributed by atoms with E-state index in [0.29, 0.717) is 18.8 Å². The molecule has 2 aromatic rings. The average molecular weight is 517 g/mol. The number of halogens is 4. The van der Waals surface area contributed by atoms with Gasteiger partial charge in [-0.05, 0) is 43.3 Å². The lowest BCUT2D eigenvalue weighted by molar-refractivity contribution is -0.137. The number of rotatable bonds is 9. The number of nitrogens with one attached hydrogen (secondary N) is 1. The van der Waals surface area contributed by atoms with Crippen molar-refractivity contribution in [3.05, 3.63) is 48.0 Å². The molecule has 0 atom stereocenters. The molecule has 4 rings (SSSR count). The minimum Gasteiger partial charge on any atom is -0.395 e. The molecule has 0 saturated carbocycles. The summed E-state index contributed by atoms with van der Waals surface area (Å²) in [5.74, 6) is 0. The Morgan fingerprint density at radius 3 is 2.24 bits per heavy atom. The number of fused-ring (bicyclic) bond motifs is 2. The summed E-state index contributed by atoms with van der Waals surface area (Å²) >= 11 is 1.53. The van der Waals surface area contributed by atoms with Crippen molar-refractivity contribution in [3.63, 3.8) is 0 Å². The summed E-state index contributed by atoms with van der Waals surface area (Å²) < 4.78 is 40.1. The van der Waals surface area contributed by atoms with Crippen LogP contribution in [0.5, 0.6) is 0 Å². The monoisotopic (exact) mass is 516 g/mol. The van der Waals surface area contributed by atoms with E-state index in [1.54, 1.807) is 6.07 Å². The van der Waals surface area contributed by atoms with Crippen LogP contribution in [0.25, 0.3) is 0 Å². The molecule has 0 spiro atoms. The first kappa shape index (κ1) is 27.1. The van der Waals surface area contributed by atoms with Crippen molar-refractivity contribution < 1.29 is 18.3 Å². The van der Waals surface area contributed by atoms with Gasteiger partial charge in [0.2, 0.25) is 0 Å². The molecule has 1 saturated heterocycles. The van der Waals surface area contributed by atoms with Crippen molar-refractivity contribution in [1.82, 2.24) is 15.1 Å². The van der Waals surface area contributed by atoms with Gasteiger partial charge in [-0.25, -0.2) is 0 Å². The second kappa shape index (κ2) is 12.5. The summed E-state index contributed by atoms with van der Waals surface area (Å²) in [5, 5.41) is 12.0. The number of benzene rings is 2. The Balaban J connectivity index is 0.00000324.